The Morgan fingerprint density at radius 1 is 1.11 bits per heavy atom. The highest BCUT2D eigenvalue weighted by Crippen LogP contribution is 2.26. The van der Waals surface area contributed by atoms with Crippen molar-refractivity contribution in [1.29, 1.82) is 0 Å². The first-order chi connectivity index (χ1) is 17.7. The number of benzene rings is 2. The van der Waals surface area contributed by atoms with Crippen LogP contribution < -0.4 is 15.4 Å². The van der Waals surface area contributed by atoms with Gasteiger partial charge in [-0.2, -0.15) is 0 Å². The van der Waals surface area contributed by atoms with E-state index in [1.165, 1.54) is 6.92 Å². The summed E-state index contributed by atoms with van der Waals surface area (Å²) in [6, 6.07) is 12.2. The summed E-state index contributed by atoms with van der Waals surface area (Å²) < 4.78 is 7.40. The number of rotatable bonds is 12. The number of amides is 2. The van der Waals surface area contributed by atoms with Gasteiger partial charge in [0.25, 0.3) is 5.91 Å². The molecule has 196 valence electrons. The monoisotopic (exact) mass is 524 g/mol. The van der Waals surface area contributed by atoms with Crippen molar-refractivity contribution in [2.45, 2.75) is 52.6 Å². The van der Waals surface area contributed by atoms with Crippen molar-refractivity contribution in [3.8, 4) is 17.0 Å². The van der Waals surface area contributed by atoms with Crippen molar-refractivity contribution < 1.29 is 19.1 Å². The summed E-state index contributed by atoms with van der Waals surface area (Å²) in [7, 11) is 1.57. The predicted octanol–water partition coefficient (Wildman–Crippen LogP) is 4.69. The number of hydrogen-bond donors (Lipinski definition) is 2. The Hall–Kier alpha value is -3.65. The van der Waals surface area contributed by atoms with Crippen LogP contribution in [0.25, 0.3) is 11.3 Å². The van der Waals surface area contributed by atoms with Gasteiger partial charge in [0.2, 0.25) is 5.91 Å². The number of aromatic nitrogens is 2. The van der Waals surface area contributed by atoms with Crippen molar-refractivity contribution in [2.24, 2.45) is 0 Å². The average molecular weight is 525 g/mol. The van der Waals surface area contributed by atoms with E-state index < -0.39 is 6.04 Å². The molecule has 8 nitrogen and oxygen atoms in total. The number of carbonyl (C=O) groups excluding carboxylic acids is 3. The van der Waals surface area contributed by atoms with Crippen LogP contribution in [0.15, 0.2) is 48.7 Å². The molecular weight excluding hydrogens is 492 g/mol. The third-order valence-electron chi connectivity index (χ3n) is 5.87. The molecule has 0 bridgehead atoms. The summed E-state index contributed by atoms with van der Waals surface area (Å²) in [5, 5.41) is 5.94. The van der Waals surface area contributed by atoms with Gasteiger partial charge in [0.1, 0.15) is 5.75 Å². The fourth-order valence-electron chi connectivity index (χ4n) is 3.91. The van der Waals surface area contributed by atoms with Gasteiger partial charge in [-0.3, -0.25) is 14.4 Å². The fraction of sp³-hybridized carbons (Fsp3) is 0.357. The summed E-state index contributed by atoms with van der Waals surface area (Å²) in [6.45, 7) is 6.66. The molecule has 9 heteroatoms. The number of carbonyl (C=O) groups is 3. The van der Waals surface area contributed by atoms with Crippen LogP contribution in [0.1, 0.15) is 60.2 Å². The molecule has 0 saturated carbocycles. The Bertz CT molecular complexity index is 1250. The number of nitrogens with zero attached hydrogens (tertiary/aromatic N) is 2. The molecule has 1 heterocycles. The van der Waals surface area contributed by atoms with E-state index in [-0.39, 0.29) is 24.0 Å². The number of ketones is 1. The molecule has 2 amide bonds. The molecule has 0 aliphatic heterocycles. The molecule has 2 aromatic carbocycles. The van der Waals surface area contributed by atoms with Gasteiger partial charge >= 0.3 is 0 Å². The van der Waals surface area contributed by atoms with Crippen LogP contribution in [-0.2, 0) is 17.8 Å². The summed E-state index contributed by atoms with van der Waals surface area (Å²) in [6.07, 6.45) is 3.29. The molecule has 2 N–H and O–H groups in total. The third-order valence-corrected chi connectivity index (χ3v) is 6.16. The minimum atomic E-state index is -0.434. The number of halogens is 1. The van der Waals surface area contributed by atoms with Crippen molar-refractivity contribution in [3.63, 3.8) is 0 Å². The van der Waals surface area contributed by atoms with Crippen molar-refractivity contribution in [2.75, 3.05) is 13.7 Å². The van der Waals surface area contributed by atoms with E-state index >= 15 is 0 Å². The first-order valence-electron chi connectivity index (χ1n) is 12.4. The smallest absolute Gasteiger partial charge is 0.251 e. The minimum absolute atomic E-state index is 0.0816. The summed E-state index contributed by atoms with van der Waals surface area (Å²) in [5.74, 6) is 0.379. The van der Waals surface area contributed by atoms with Crippen LogP contribution >= 0.6 is 11.6 Å². The quantitative estimate of drug-likeness (QED) is 0.335. The normalized spacial score (nSPS) is 11.6. The van der Waals surface area contributed by atoms with E-state index in [1.54, 1.807) is 25.2 Å². The molecule has 0 spiro atoms. The minimum Gasteiger partial charge on any atom is -0.492 e. The van der Waals surface area contributed by atoms with E-state index in [2.05, 4.69) is 15.6 Å². The summed E-state index contributed by atoms with van der Waals surface area (Å²) in [4.78, 5) is 41.5. The first-order valence-corrected chi connectivity index (χ1v) is 12.7. The molecule has 0 saturated heterocycles. The topological polar surface area (TPSA) is 102 Å². The maximum absolute atomic E-state index is 13.0. The molecule has 3 aromatic rings. The highest BCUT2D eigenvalue weighted by Gasteiger charge is 2.19. The second-order valence-corrected chi connectivity index (χ2v) is 9.14. The second-order valence-electron chi connectivity index (χ2n) is 8.73. The maximum Gasteiger partial charge on any atom is 0.251 e. The lowest BCUT2D eigenvalue weighted by Crippen LogP contribution is -2.40. The molecule has 3 rings (SSSR count). The number of aryl methyl sites for hydroxylation is 1. The summed E-state index contributed by atoms with van der Waals surface area (Å²) in [5.41, 5.74) is 2.93. The van der Waals surface area contributed by atoms with Gasteiger partial charge < -0.3 is 19.9 Å². The number of imidazole rings is 1. The molecule has 0 aliphatic carbocycles. The van der Waals surface area contributed by atoms with Crippen molar-refractivity contribution >= 4 is 29.2 Å². The Morgan fingerprint density at radius 2 is 1.84 bits per heavy atom. The van der Waals surface area contributed by atoms with E-state index in [1.807, 2.05) is 48.9 Å². The highest BCUT2D eigenvalue weighted by molar-refractivity contribution is 6.32. The highest BCUT2D eigenvalue weighted by atomic mass is 35.5. The fourth-order valence-corrected chi connectivity index (χ4v) is 4.15. The molecule has 0 unspecified atom stereocenters. The van der Waals surface area contributed by atoms with Crippen LogP contribution in [0.5, 0.6) is 5.75 Å². The predicted molar refractivity (Wildman–Crippen MR) is 144 cm³/mol. The molecule has 0 aliphatic rings. The number of nitrogens with one attached hydrogen (secondary N) is 2. The lowest BCUT2D eigenvalue weighted by atomic mass is 10.0. The lowest BCUT2D eigenvalue weighted by molar-refractivity contribution is -0.121. The number of Topliss-reactive ketones (excluding diaryl/α,β-unsaturated/α-hetero) is 1. The zero-order chi connectivity index (χ0) is 26.9. The average Bonchev–Trinajstić information content (AvgIpc) is 3.33. The van der Waals surface area contributed by atoms with Gasteiger partial charge in [-0.05, 0) is 43.5 Å². The Morgan fingerprint density at radius 3 is 2.41 bits per heavy atom. The van der Waals surface area contributed by atoms with E-state index in [0.29, 0.717) is 41.7 Å². The first kappa shape index (κ1) is 27.9. The number of ether oxygens (including phenoxy) is 1. The lowest BCUT2D eigenvalue weighted by Gasteiger charge is -2.19. The van der Waals surface area contributed by atoms with E-state index in [4.69, 9.17) is 16.3 Å². The van der Waals surface area contributed by atoms with Crippen LogP contribution in [0.2, 0.25) is 5.02 Å². The standard InChI is InChI=1S/C28H33ClN4O4/c1-5-13-37-25-12-11-21(15-23(25)29)28(36)31-22(16-26(35)30-4)14-19-7-9-20(10-8-19)24-17-33(6-2)27(32-24)18(3)34/h7-12,15,17,22H,5-6,13-14,16H2,1-4H3,(H,30,35)(H,31,36)/t22-/m0/s1. The van der Waals surface area contributed by atoms with Crippen molar-refractivity contribution in [1.82, 2.24) is 20.2 Å². The van der Waals surface area contributed by atoms with Crippen molar-refractivity contribution in [3.05, 3.63) is 70.6 Å². The van der Waals surface area contributed by atoms with Gasteiger partial charge in [0.05, 0.1) is 17.3 Å². The Balaban J connectivity index is 1.74. The van der Waals surface area contributed by atoms with Crippen LogP contribution in [0, 0.1) is 0 Å². The van der Waals surface area contributed by atoms with E-state index in [0.717, 1.165) is 23.2 Å². The Kier molecular flexibility index (Phi) is 9.85. The molecule has 0 fully saturated rings. The van der Waals surface area contributed by atoms with Gasteiger partial charge in [0, 0.05) is 50.3 Å². The molecule has 0 radical (unpaired) electrons. The third kappa shape index (κ3) is 7.43. The molecular formula is C28H33ClN4O4. The number of hydrogen-bond acceptors (Lipinski definition) is 5. The van der Waals surface area contributed by atoms with Gasteiger partial charge in [-0.15, -0.1) is 0 Å². The molecule has 37 heavy (non-hydrogen) atoms. The van der Waals surface area contributed by atoms with Crippen LogP contribution in [0.3, 0.4) is 0 Å². The van der Waals surface area contributed by atoms with Gasteiger partial charge in [-0.1, -0.05) is 42.8 Å². The largest absolute Gasteiger partial charge is 0.492 e. The second kappa shape index (κ2) is 13.1. The summed E-state index contributed by atoms with van der Waals surface area (Å²) >= 11 is 6.29. The molecule has 1 atom stereocenters. The molecule has 1 aromatic heterocycles. The zero-order valence-corrected chi connectivity index (χ0v) is 22.4. The van der Waals surface area contributed by atoms with Gasteiger partial charge in [0.15, 0.2) is 11.6 Å². The SMILES string of the molecule is CCCOc1ccc(C(=O)N[C@H](CC(=O)NC)Cc2ccc(-c3cn(CC)c(C(C)=O)n3)cc2)cc1Cl. The van der Waals surface area contributed by atoms with E-state index in [9.17, 15) is 14.4 Å². The maximum atomic E-state index is 13.0. The zero-order valence-electron chi connectivity index (χ0n) is 21.6. The van der Waals surface area contributed by atoms with Crippen LogP contribution in [0.4, 0.5) is 0 Å². The van der Waals surface area contributed by atoms with Crippen LogP contribution in [-0.4, -0.2) is 46.8 Å². The van der Waals surface area contributed by atoms with Gasteiger partial charge in [-0.25, -0.2) is 4.98 Å². The Labute approximate surface area is 222 Å².